The summed E-state index contributed by atoms with van der Waals surface area (Å²) in [6.45, 7) is 2.68. The molecule has 1 aliphatic carbocycles. The van der Waals surface area contributed by atoms with E-state index in [1.165, 1.54) is 70.0 Å². The monoisotopic (exact) mass is 257 g/mol. The third-order valence-corrected chi connectivity index (χ3v) is 5.09. The van der Waals surface area contributed by atoms with E-state index in [4.69, 9.17) is 0 Å². The zero-order valence-electron chi connectivity index (χ0n) is 12.1. The molecule has 1 heteroatoms. The average Bonchev–Trinajstić information content (AvgIpc) is 3.01. The van der Waals surface area contributed by atoms with Crippen LogP contribution in [0.1, 0.15) is 50.5 Å². The van der Waals surface area contributed by atoms with Gasteiger partial charge in [-0.3, -0.25) is 4.90 Å². The molecule has 1 atom stereocenters. The lowest BCUT2D eigenvalue weighted by molar-refractivity contribution is 0.142. The minimum absolute atomic E-state index is 0.810. The van der Waals surface area contributed by atoms with E-state index in [9.17, 15) is 0 Å². The lowest BCUT2D eigenvalue weighted by Crippen LogP contribution is -2.41. The van der Waals surface area contributed by atoms with Crippen molar-refractivity contribution in [3.05, 3.63) is 35.9 Å². The molecule has 0 aromatic heterocycles. The first-order valence-corrected chi connectivity index (χ1v) is 8.21. The highest BCUT2D eigenvalue weighted by atomic mass is 15.2. The summed E-state index contributed by atoms with van der Waals surface area (Å²) in [4.78, 5) is 2.79. The molecule has 0 spiro atoms. The Morgan fingerprint density at radius 2 is 1.58 bits per heavy atom. The second-order valence-electron chi connectivity index (χ2n) is 6.40. The Morgan fingerprint density at radius 3 is 2.26 bits per heavy atom. The molecule has 1 unspecified atom stereocenters. The molecule has 1 saturated heterocycles. The first-order chi connectivity index (χ1) is 9.43. The van der Waals surface area contributed by atoms with Gasteiger partial charge in [0.15, 0.2) is 0 Å². The molecule has 104 valence electrons. The number of nitrogens with zero attached hydrogens (tertiary/aromatic N) is 1. The molecule has 3 rings (SSSR count). The van der Waals surface area contributed by atoms with Gasteiger partial charge in [0, 0.05) is 6.04 Å². The van der Waals surface area contributed by atoms with Gasteiger partial charge in [0.25, 0.3) is 0 Å². The number of hydrogen-bond acceptors (Lipinski definition) is 1. The van der Waals surface area contributed by atoms with E-state index < -0.39 is 0 Å². The Labute approximate surface area is 118 Å². The van der Waals surface area contributed by atoms with Crippen molar-refractivity contribution >= 4 is 0 Å². The highest BCUT2D eigenvalue weighted by Crippen LogP contribution is 2.32. The van der Waals surface area contributed by atoms with Crippen molar-refractivity contribution in [1.29, 1.82) is 0 Å². The predicted octanol–water partition coefficient (Wildman–Crippen LogP) is 4.27. The Morgan fingerprint density at radius 1 is 0.895 bits per heavy atom. The van der Waals surface area contributed by atoms with Gasteiger partial charge in [-0.15, -0.1) is 0 Å². The van der Waals surface area contributed by atoms with Crippen molar-refractivity contribution in [3.63, 3.8) is 0 Å². The smallest absolute Gasteiger partial charge is 0.0164 e. The quantitative estimate of drug-likeness (QED) is 0.778. The van der Waals surface area contributed by atoms with E-state index >= 15 is 0 Å². The zero-order valence-corrected chi connectivity index (χ0v) is 12.1. The fourth-order valence-corrected chi connectivity index (χ4v) is 4.04. The first kappa shape index (κ1) is 13.2. The Bertz CT molecular complexity index is 361. The predicted molar refractivity (Wildman–Crippen MR) is 81.3 cm³/mol. The fourth-order valence-electron chi connectivity index (χ4n) is 4.04. The van der Waals surface area contributed by atoms with Crippen molar-refractivity contribution in [2.75, 3.05) is 13.1 Å². The molecule has 1 aliphatic heterocycles. The molecule has 1 heterocycles. The van der Waals surface area contributed by atoms with Gasteiger partial charge in [-0.05, 0) is 56.7 Å². The molecule has 19 heavy (non-hydrogen) atoms. The Hall–Kier alpha value is -0.820. The summed E-state index contributed by atoms with van der Waals surface area (Å²) >= 11 is 0. The highest BCUT2D eigenvalue weighted by molar-refractivity contribution is 5.16. The summed E-state index contributed by atoms with van der Waals surface area (Å²) < 4.78 is 0. The van der Waals surface area contributed by atoms with Gasteiger partial charge < -0.3 is 0 Å². The second-order valence-corrected chi connectivity index (χ2v) is 6.40. The van der Waals surface area contributed by atoms with Crippen LogP contribution in [0.5, 0.6) is 0 Å². The van der Waals surface area contributed by atoms with Crippen LogP contribution in [0.3, 0.4) is 0 Å². The fraction of sp³-hybridized carbons (Fsp3) is 0.667. The van der Waals surface area contributed by atoms with Gasteiger partial charge in [0.1, 0.15) is 0 Å². The van der Waals surface area contributed by atoms with Gasteiger partial charge in [0.2, 0.25) is 0 Å². The molecule has 1 aromatic rings. The van der Waals surface area contributed by atoms with Crippen molar-refractivity contribution in [1.82, 2.24) is 4.90 Å². The van der Waals surface area contributed by atoms with Crippen molar-refractivity contribution in [3.8, 4) is 0 Å². The Balaban J connectivity index is 1.71. The normalized spacial score (nSPS) is 23.6. The highest BCUT2D eigenvalue weighted by Gasteiger charge is 2.30. The summed E-state index contributed by atoms with van der Waals surface area (Å²) in [6, 6.07) is 12.0. The molecule has 1 nitrogen and oxygen atoms in total. The summed E-state index contributed by atoms with van der Waals surface area (Å²) in [7, 11) is 0. The standard InChI is InChI=1S/C18H27N/c1-3-9-16(10-4-1)15-18(19-13-7-8-14-19)17-11-5-2-6-12-17/h1,3-4,9-10,17-18H,2,5-8,11-15H2. The largest absolute Gasteiger partial charge is 0.300 e. The SMILES string of the molecule is c1ccc(CC(C2CCCCC2)N2CCCC2)cc1. The van der Waals surface area contributed by atoms with Crippen LogP contribution in [-0.2, 0) is 6.42 Å². The Kier molecular flexibility index (Phi) is 4.55. The van der Waals surface area contributed by atoms with Gasteiger partial charge in [-0.2, -0.15) is 0 Å². The van der Waals surface area contributed by atoms with Gasteiger partial charge >= 0.3 is 0 Å². The first-order valence-electron chi connectivity index (χ1n) is 8.21. The molecule has 0 radical (unpaired) electrons. The van der Waals surface area contributed by atoms with E-state index in [1.54, 1.807) is 0 Å². The van der Waals surface area contributed by atoms with Gasteiger partial charge in [0.05, 0.1) is 0 Å². The maximum atomic E-state index is 2.79. The third-order valence-electron chi connectivity index (χ3n) is 5.09. The van der Waals surface area contributed by atoms with Crippen molar-refractivity contribution in [2.24, 2.45) is 5.92 Å². The summed E-state index contributed by atoms with van der Waals surface area (Å²) in [5, 5.41) is 0. The number of benzene rings is 1. The molecular weight excluding hydrogens is 230 g/mol. The van der Waals surface area contributed by atoms with Crippen LogP contribution in [0.2, 0.25) is 0 Å². The maximum Gasteiger partial charge on any atom is 0.0164 e. The molecule has 0 bridgehead atoms. The lowest BCUT2D eigenvalue weighted by Gasteiger charge is -2.37. The van der Waals surface area contributed by atoms with Crippen LogP contribution in [-0.4, -0.2) is 24.0 Å². The third kappa shape index (κ3) is 3.39. The molecule has 1 saturated carbocycles. The molecular formula is C18H27N. The topological polar surface area (TPSA) is 3.24 Å². The average molecular weight is 257 g/mol. The molecule has 1 aromatic carbocycles. The zero-order chi connectivity index (χ0) is 12.9. The number of likely N-dealkylation sites (tertiary alicyclic amines) is 1. The molecule has 2 aliphatic rings. The van der Waals surface area contributed by atoms with E-state index in [1.807, 2.05) is 0 Å². The minimum Gasteiger partial charge on any atom is -0.300 e. The summed E-state index contributed by atoms with van der Waals surface area (Å²) in [5.74, 6) is 0.951. The van der Waals surface area contributed by atoms with Crippen LogP contribution in [0.25, 0.3) is 0 Å². The van der Waals surface area contributed by atoms with E-state index in [0.717, 1.165) is 12.0 Å². The summed E-state index contributed by atoms with van der Waals surface area (Å²) in [5.41, 5.74) is 1.53. The van der Waals surface area contributed by atoms with Gasteiger partial charge in [-0.25, -0.2) is 0 Å². The number of rotatable bonds is 4. The second kappa shape index (κ2) is 6.56. The van der Waals surface area contributed by atoms with E-state index in [0.29, 0.717) is 0 Å². The van der Waals surface area contributed by atoms with E-state index in [-0.39, 0.29) is 0 Å². The molecule has 0 N–H and O–H groups in total. The molecule has 0 amide bonds. The maximum absolute atomic E-state index is 2.79. The van der Waals surface area contributed by atoms with Crippen LogP contribution >= 0.6 is 0 Å². The molecule has 2 fully saturated rings. The van der Waals surface area contributed by atoms with Crippen molar-refractivity contribution < 1.29 is 0 Å². The van der Waals surface area contributed by atoms with Crippen LogP contribution in [0, 0.1) is 5.92 Å². The summed E-state index contributed by atoms with van der Waals surface area (Å²) in [6.07, 6.45) is 11.4. The lowest BCUT2D eigenvalue weighted by atomic mass is 9.81. The van der Waals surface area contributed by atoms with Crippen LogP contribution in [0.4, 0.5) is 0 Å². The van der Waals surface area contributed by atoms with Crippen molar-refractivity contribution in [2.45, 2.75) is 57.4 Å². The van der Waals surface area contributed by atoms with Crippen LogP contribution < -0.4 is 0 Å². The van der Waals surface area contributed by atoms with Crippen LogP contribution in [0.15, 0.2) is 30.3 Å². The minimum atomic E-state index is 0.810. The van der Waals surface area contributed by atoms with E-state index in [2.05, 4.69) is 35.2 Å². The number of hydrogen-bond donors (Lipinski definition) is 0. The van der Waals surface area contributed by atoms with Gasteiger partial charge in [-0.1, -0.05) is 49.6 Å².